The van der Waals surface area contributed by atoms with Gasteiger partial charge in [0.1, 0.15) is 17.1 Å². The molecule has 2 aromatic heterocycles. The van der Waals surface area contributed by atoms with Crippen LogP contribution in [-0.2, 0) is 0 Å². The Kier molecular flexibility index (Phi) is 5.36. The fourth-order valence-electron chi connectivity index (χ4n) is 2.95. The van der Waals surface area contributed by atoms with Gasteiger partial charge in [0.2, 0.25) is 0 Å². The minimum atomic E-state index is 0.0551. The Balaban J connectivity index is 2.04. The first kappa shape index (κ1) is 19.6. The first-order chi connectivity index (χ1) is 14.0. The lowest BCUT2D eigenvalue weighted by Gasteiger charge is -2.08. The molecule has 29 heavy (non-hydrogen) atoms. The maximum atomic E-state index is 11.1. The number of thioether (sulfide) groups is 1. The number of halogens is 2. The van der Waals surface area contributed by atoms with Crippen LogP contribution in [0.1, 0.15) is 0 Å². The molecule has 0 spiro atoms. The van der Waals surface area contributed by atoms with Crippen molar-refractivity contribution in [3.63, 3.8) is 0 Å². The van der Waals surface area contributed by atoms with Crippen molar-refractivity contribution in [1.29, 1.82) is 0 Å². The van der Waals surface area contributed by atoms with Crippen LogP contribution >= 0.6 is 35.0 Å². The first-order valence-electron chi connectivity index (χ1n) is 8.42. The smallest absolute Gasteiger partial charge is 0.187 e. The molecular weight excluding hydrogens is 431 g/mol. The van der Waals surface area contributed by atoms with E-state index >= 15 is 0 Å². The molecule has 0 aliphatic heterocycles. The maximum absolute atomic E-state index is 11.1. The van der Waals surface area contributed by atoms with Crippen LogP contribution in [-0.4, -0.2) is 36.3 Å². The molecule has 0 saturated carbocycles. The molecule has 4 aromatic rings. The van der Waals surface area contributed by atoms with E-state index in [1.54, 1.807) is 48.7 Å². The number of hydrogen-bond acceptors (Lipinski definition) is 6. The lowest BCUT2D eigenvalue weighted by molar-refractivity contribution is 0.195. The van der Waals surface area contributed by atoms with Crippen molar-refractivity contribution >= 4 is 35.0 Å². The van der Waals surface area contributed by atoms with Crippen LogP contribution in [0.3, 0.4) is 0 Å². The summed E-state index contributed by atoms with van der Waals surface area (Å²) in [5.74, 6) is 0.220. The summed E-state index contributed by atoms with van der Waals surface area (Å²) in [6.45, 7) is 0. The molecular formula is C20H14Cl2N4O2S. The molecule has 6 nitrogen and oxygen atoms in total. The minimum absolute atomic E-state index is 0.0551. The molecule has 0 unspecified atom stereocenters. The number of phenolic OH excluding ortho intramolecular Hbond substituents is 1. The highest BCUT2D eigenvalue weighted by molar-refractivity contribution is 7.98. The Hall–Kier alpha value is -2.74. The first-order valence-corrected chi connectivity index (χ1v) is 10.4. The van der Waals surface area contributed by atoms with E-state index in [9.17, 15) is 10.3 Å². The molecule has 146 valence electrons. The number of phenols is 1. The van der Waals surface area contributed by atoms with Gasteiger partial charge in [0.15, 0.2) is 11.0 Å². The van der Waals surface area contributed by atoms with Crippen molar-refractivity contribution in [3.8, 4) is 39.8 Å². The molecule has 9 heteroatoms. The Labute approximate surface area is 180 Å². The summed E-state index contributed by atoms with van der Waals surface area (Å²) in [5, 5.41) is 22.2. The lowest BCUT2D eigenvalue weighted by atomic mass is 10.1. The molecule has 4 rings (SSSR count). The Bertz CT molecular complexity index is 1190. The van der Waals surface area contributed by atoms with Crippen LogP contribution in [0.15, 0.2) is 59.9 Å². The zero-order valence-corrected chi connectivity index (χ0v) is 17.4. The number of imidazole rings is 1. The third-order valence-electron chi connectivity index (χ3n) is 4.22. The highest BCUT2D eigenvalue weighted by atomic mass is 35.5. The number of rotatable bonds is 4. The van der Waals surface area contributed by atoms with Gasteiger partial charge in [-0.3, -0.25) is 0 Å². The predicted molar refractivity (Wildman–Crippen MR) is 115 cm³/mol. The second kappa shape index (κ2) is 7.94. The topological polar surface area (TPSA) is 84.1 Å². The van der Waals surface area contributed by atoms with Gasteiger partial charge in [-0.2, -0.15) is 4.73 Å². The summed E-state index contributed by atoms with van der Waals surface area (Å²) in [7, 11) is 0. The number of nitrogens with zero attached hydrogens (tertiary/aromatic N) is 4. The van der Waals surface area contributed by atoms with Gasteiger partial charge in [0.05, 0.1) is 21.3 Å². The van der Waals surface area contributed by atoms with Gasteiger partial charge in [-0.25, -0.2) is 15.0 Å². The fraction of sp³-hybridized carbons (Fsp3) is 0.0500. The maximum Gasteiger partial charge on any atom is 0.187 e. The quantitative estimate of drug-likeness (QED) is 0.240. The monoisotopic (exact) mass is 444 g/mol. The van der Waals surface area contributed by atoms with Crippen LogP contribution in [0.5, 0.6) is 5.75 Å². The summed E-state index contributed by atoms with van der Waals surface area (Å²) < 4.78 is 0.915. The van der Waals surface area contributed by atoms with E-state index in [1.165, 1.54) is 17.8 Å². The van der Waals surface area contributed by atoms with Crippen molar-refractivity contribution in [2.75, 3.05) is 6.26 Å². The van der Waals surface area contributed by atoms with Crippen LogP contribution in [0, 0.1) is 0 Å². The van der Waals surface area contributed by atoms with E-state index in [0.717, 1.165) is 4.73 Å². The number of aromatic hydroxyl groups is 1. The van der Waals surface area contributed by atoms with Crippen molar-refractivity contribution < 1.29 is 10.3 Å². The average molecular weight is 445 g/mol. The molecule has 0 aliphatic rings. The van der Waals surface area contributed by atoms with Gasteiger partial charge in [-0.05, 0) is 36.6 Å². The normalized spacial score (nSPS) is 11.0. The summed E-state index contributed by atoms with van der Waals surface area (Å²) >= 11 is 14.1. The fourth-order valence-corrected chi connectivity index (χ4v) is 3.87. The van der Waals surface area contributed by atoms with E-state index in [4.69, 9.17) is 23.2 Å². The van der Waals surface area contributed by atoms with E-state index in [2.05, 4.69) is 15.0 Å². The molecule has 0 aliphatic carbocycles. The average Bonchev–Trinajstić information content (AvgIpc) is 3.05. The number of benzene rings is 2. The molecule has 0 saturated heterocycles. The van der Waals surface area contributed by atoms with Crippen LogP contribution in [0.25, 0.3) is 34.0 Å². The second-order valence-electron chi connectivity index (χ2n) is 6.02. The molecule has 0 amide bonds. The van der Waals surface area contributed by atoms with Crippen LogP contribution in [0.4, 0.5) is 0 Å². The molecule has 2 aromatic carbocycles. The lowest BCUT2D eigenvalue weighted by Crippen LogP contribution is -1.98. The van der Waals surface area contributed by atoms with Crippen LogP contribution < -0.4 is 0 Å². The minimum Gasteiger partial charge on any atom is -0.508 e. The molecule has 2 N–H and O–H groups in total. The number of aromatic nitrogens is 4. The van der Waals surface area contributed by atoms with Gasteiger partial charge >= 0.3 is 0 Å². The zero-order valence-electron chi connectivity index (χ0n) is 15.0. The van der Waals surface area contributed by atoms with Crippen molar-refractivity contribution in [2.24, 2.45) is 0 Å². The summed E-state index contributed by atoms with van der Waals surface area (Å²) in [6, 6.07) is 13.3. The van der Waals surface area contributed by atoms with Crippen LogP contribution in [0.2, 0.25) is 10.0 Å². The standard InChI is InChI=1S/C20H14Cl2N4O2S/c1-29-20-23-9-8-15(24-20)17-18(11-4-2-5-12(27)10-11)26(28)19(25-17)16-13(21)6-3-7-14(16)22/h2-10,27-28H,1H3. The van der Waals surface area contributed by atoms with Gasteiger partial charge in [-0.15, -0.1) is 0 Å². The summed E-state index contributed by atoms with van der Waals surface area (Å²) in [6.07, 6.45) is 3.49. The number of hydrogen-bond donors (Lipinski definition) is 2. The zero-order chi connectivity index (χ0) is 20.5. The molecule has 0 radical (unpaired) electrons. The van der Waals surface area contributed by atoms with Crippen molar-refractivity contribution in [1.82, 2.24) is 19.7 Å². The second-order valence-corrected chi connectivity index (χ2v) is 7.61. The SMILES string of the molecule is CSc1nccc(-c2nc(-c3c(Cl)cccc3Cl)n(O)c2-c2cccc(O)c2)n1. The van der Waals surface area contributed by atoms with Gasteiger partial charge in [0, 0.05) is 11.8 Å². The van der Waals surface area contributed by atoms with E-state index < -0.39 is 0 Å². The van der Waals surface area contributed by atoms with Gasteiger partial charge in [0.25, 0.3) is 0 Å². The van der Waals surface area contributed by atoms with Crippen molar-refractivity contribution in [3.05, 3.63) is 64.8 Å². The third-order valence-corrected chi connectivity index (χ3v) is 5.41. The third kappa shape index (κ3) is 3.64. The Morgan fingerprint density at radius 2 is 1.72 bits per heavy atom. The Morgan fingerprint density at radius 3 is 2.41 bits per heavy atom. The predicted octanol–water partition coefficient (Wildman–Crippen LogP) is 5.65. The summed E-state index contributed by atoms with van der Waals surface area (Å²) in [5.41, 5.74) is 2.21. The molecule has 0 fully saturated rings. The summed E-state index contributed by atoms with van der Waals surface area (Å²) in [4.78, 5) is 13.3. The Morgan fingerprint density at radius 1 is 1.00 bits per heavy atom. The van der Waals surface area contributed by atoms with E-state index in [1.807, 2.05) is 6.26 Å². The molecule has 2 heterocycles. The van der Waals surface area contributed by atoms with E-state index in [0.29, 0.717) is 43.4 Å². The highest BCUT2D eigenvalue weighted by Gasteiger charge is 2.25. The molecule has 0 bridgehead atoms. The highest BCUT2D eigenvalue weighted by Crippen LogP contribution is 2.40. The van der Waals surface area contributed by atoms with Gasteiger partial charge in [-0.1, -0.05) is 53.2 Å². The van der Waals surface area contributed by atoms with E-state index in [-0.39, 0.29) is 11.6 Å². The molecule has 0 atom stereocenters. The van der Waals surface area contributed by atoms with Crippen molar-refractivity contribution in [2.45, 2.75) is 5.16 Å². The van der Waals surface area contributed by atoms with Gasteiger partial charge < -0.3 is 10.3 Å². The largest absolute Gasteiger partial charge is 0.508 e.